The Morgan fingerprint density at radius 2 is 1.95 bits per heavy atom. The van der Waals surface area contributed by atoms with Crippen molar-refractivity contribution in [2.45, 2.75) is 57.5 Å². The van der Waals surface area contributed by atoms with Crippen molar-refractivity contribution < 1.29 is 0 Å². The number of hydrogen-bond acceptors (Lipinski definition) is 2. The molecule has 0 amide bonds. The predicted molar refractivity (Wildman–Crippen MR) is 86.4 cm³/mol. The molecular formula is C18H28N2. The summed E-state index contributed by atoms with van der Waals surface area (Å²) in [4.78, 5) is 2.63. The Balaban J connectivity index is 1.72. The second-order valence-electron chi connectivity index (χ2n) is 6.63. The van der Waals surface area contributed by atoms with Crippen LogP contribution < -0.4 is 10.2 Å². The van der Waals surface area contributed by atoms with Crippen LogP contribution in [0, 0.1) is 5.92 Å². The van der Waals surface area contributed by atoms with E-state index in [0.717, 1.165) is 5.92 Å². The first-order valence-electron chi connectivity index (χ1n) is 8.31. The lowest BCUT2D eigenvalue weighted by atomic mass is 9.83. The molecule has 0 radical (unpaired) electrons. The van der Waals surface area contributed by atoms with Crippen molar-refractivity contribution in [3.8, 4) is 0 Å². The van der Waals surface area contributed by atoms with Crippen LogP contribution in [0.4, 0.5) is 5.69 Å². The highest BCUT2D eigenvalue weighted by Gasteiger charge is 2.30. The Morgan fingerprint density at radius 3 is 2.70 bits per heavy atom. The Labute approximate surface area is 123 Å². The highest BCUT2D eigenvalue weighted by molar-refractivity contribution is 5.59. The number of nitrogens with zero attached hydrogens (tertiary/aromatic N) is 1. The van der Waals surface area contributed by atoms with Gasteiger partial charge in [0.25, 0.3) is 0 Å². The summed E-state index contributed by atoms with van der Waals surface area (Å²) in [7, 11) is 2.14. The van der Waals surface area contributed by atoms with Gasteiger partial charge in [0.15, 0.2) is 0 Å². The molecule has 1 heterocycles. The zero-order valence-corrected chi connectivity index (χ0v) is 12.9. The van der Waals surface area contributed by atoms with Crippen LogP contribution in [0.25, 0.3) is 0 Å². The fourth-order valence-electron chi connectivity index (χ4n) is 4.13. The average Bonchev–Trinajstić information content (AvgIpc) is 2.81. The first kappa shape index (κ1) is 13.9. The van der Waals surface area contributed by atoms with Gasteiger partial charge in [0.05, 0.1) is 0 Å². The second-order valence-corrected chi connectivity index (χ2v) is 6.63. The summed E-state index contributed by atoms with van der Waals surface area (Å²) in [6, 6.07) is 10.2. The van der Waals surface area contributed by atoms with Crippen molar-refractivity contribution in [3.63, 3.8) is 0 Å². The van der Waals surface area contributed by atoms with E-state index in [0.29, 0.717) is 12.1 Å². The molecule has 0 aromatic heterocycles. The van der Waals surface area contributed by atoms with Gasteiger partial charge in [0.1, 0.15) is 0 Å². The van der Waals surface area contributed by atoms with Crippen LogP contribution >= 0.6 is 0 Å². The molecule has 20 heavy (non-hydrogen) atoms. The molecule has 3 rings (SSSR count). The maximum atomic E-state index is 3.61. The Bertz CT molecular complexity index is 437. The van der Waals surface area contributed by atoms with Crippen LogP contribution in [0.2, 0.25) is 0 Å². The summed E-state index contributed by atoms with van der Waals surface area (Å²) >= 11 is 0. The molecule has 2 unspecified atom stereocenters. The van der Waals surface area contributed by atoms with Crippen molar-refractivity contribution in [1.29, 1.82) is 0 Å². The van der Waals surface area contributed by atoms with Crippen LogP contribution in [-0.4, -0.2) is 25.7 Å². The summed E-state index contributed by atoms with van der Waals surface area (Å²) in [6.45, 7) is 3.53. The molecule has 1 aliphatic carbocycles. The van der Waals surface area contributed by atoms with Gasteiger partial charge in [-0.1, -0.05) is 37.5 Å². The van der Waals surface area contributed by atoms with Gasteiger partial charge in [-0.05, 0) is 50.8 Å². The lowest BCUT2D eigenvalue weighted by molar-refractivity contribution is 0.277. The smallest absolute Gasteiger partial charge is 0.0402 e. The van der Waals surface area contributed by atoms with Crippen molar-refractivity contribution >= 4 is 5.69 Å². The molecule has 2 aliphatic rings. The summed E-state index contributed by atoms with van der Waals surface area (Å²) in [5.74, 6) is 0.869. The van der Waals surface area contributed by atoms with E-state index in [2.05, 4.69) is 48.5 Å². The number of anilines is 1. The maximum absolute atomic E-state index is 3.61. The van der Waals surface area contributed by atoms with Gasteiger partial charge in [0, 0.05) is 24.3 Å². The number of rotatable bonds is 4. The molecular weight excluding hydrogens is 244 g/mol. The number of likely N-dealkylation sites (N-methyl/N-ethyl adjacent to an activating group) is 1. The minimum atomic E-state index is 0.643. The number of para-hydroxylation sites is 1. The predicted octanol–water partition coefficient (Wildman–Crippen LogP) is 3.61. The van der Waals surface area contributed by atoms with Crippen LogP contribution in [0.5, 0.6) is 0 Å². The quantitative estimate of drug-likeness (QED) is 0.901. The Morgan fingerprint density at radius 1 is 1.20 bits per heavy atom. The van der Waals surface area contributed by atoms with Crippen LogP contribution in [0.15, 0.2) is 24.3 Å². The van der Waals surface area contributed by atoms with Gasteiger partial charge in [-0.15, -0.1) is 0 Å². The fraction of sp³-hybridized carbons (Fsp3) is 0.667. The molecule has 2 atom stereocenters. The van der Waals surface area contributed by atoms with Crippen LogP contribution in [0.3, 0.4) is 0 Å². The monoisotopic (exact) mass is 272 g/mol. The molecule has 1 aromatic rings. The van der Waals surface area contributed by atoms with Gasteiger partial charge >= 0.3 is 0 Å². The maximum Gasteiger partial charge on any atom is 0.0402 e. The summed E-state index contributed by atoms with van der Waals surface area (Å²) in [5, 5.41) is 3.61. The minimum Gasteiger partial charge on any atom is -0.367 e. The third-order valence-corrected chi connectivity index (χ3v) is 5.33. The number of hydrogen-bond donors (Lipinski definition) is 1. The van der Waals surface area contributed by atoms with E-state index in [9.17, 15) is 0 Å². The van der Waals surface area contributed by atoms with E-state index in [4.69, 9.17) is 0 Å². The zero-order chi connectivity index (χ0) is 13.9. The van der Waals surface area contributed by atoms with Gasteiger partial charge in [-0.2, -0.15) is 0 Å². The van der Waals surface area contributed by atoms with Crippen LogP contribution in [0.1, 0.15) is 44.6 Å². The van der Waals surface area contributed by atoms with Crippen LogP contribution in [-0.2, 0) is 6.42 Å². The third-order valence-electron chi connectivity index (χ3n) is 5.33. The van der Waals surface area contributed by atoms with E-state index < -0.39 is 0 Å². The van der Waals surface area contributed by atoms with Gasteiger partial charge < -0.3 is 10.2 Å². The van der Waals surface area contributed by atoms with Gasteiger partial charge in [0.2, 0.25) is 0 Å². The van der Waals surface area contributed by atoms with E-state index in [1.807, 2.05) is 0 Å². The van der Waals surface area contributed by atoms with Crippen molar-refractivity contribution in [1.82, 2.24) is 5.32 Å². The number of nitrogens with one attached hydrogen (secondary N) is 1. The summed E-state index contributed by atoms with van der Waals surface area (Å²) in [5.41, 5.74) is 2.99. The van der Waals surface area contributed by atoms with Crippen molar-refractivity contribution in [2.75, 3.05) is 18.5 Å². The van der Waals surface area contributed by atoms with Crippen molar-refractivity contribution in [2.24, 2.45) is 5.92 Å². The number of benzene rings is 1. The molecule has 2 heteroatoms. The topological polar surface area (TPSA) is 15.3 Å². The largest absolute Gasteiger partial charge is 0.367 e. The highest BCUT2D eigenvalue weighted by atomic mass is 15.2. The van der Waals surface area contributed by atoms with Crippen molar-refractivity contribution in [3.05, 3.63) is 29.8 Å². The SMILES string of the molecule is CNC(CN1c2ccccc2CC1C)C1CCCCC1. The molecule has 110 valence electrons. The molecule has 1 N–H and O–H groups in total. The molecule has 1 saturated carbocycles. The minimum absolute atomic E-state index is 0.643. The summed E-state index contributed by atoms with van der Waals surface area (Å²) < 4.78 is 0. The summed E-state index contributed by atoms with van der Waals surface area (Å²) in [6.07, 6.45) is 8.32. The Kier molecular flexibility index (Phi) is 4.30. The lowest BCUT2D eigenvalue weighted by Gasteiger charge is -2.35. The average molecular weight is 272 g/mol. The standard InChI is InChI=1S/C18H28N2/c1-14-12-16-10-6-7-11-18(16)20(14)13-17(19-2)15-8-4-3-5-9-15/h6-7,10-11,14-15,17,19H,3-5,8-9,12-13H2,1-2H3. The zero-order valence-electron chi connectivity index (χ0n) is 12.9. The van der Waals surface area contributed by atoms with E-state index >= 15 is 0 Å². The van der Waals surface area contributed by atoms with E-state index in [-0.39, 0.29) is 0 Å². The van der Waals surface area contributed by atoms with Gasteiger partial charge in [-0.3, -0.25) is 0 Å². The van der Waals surface area contributed by atoms with E-state index in [1.54, 1.807) is 0 Å². The third kappa shape index (κ3) is 2.71. The van der Waals surface area contributed by atoms with E-state index in [1.165, 1.54) is 56.3 Å². The molecule has 0 bridgehead atoms. The molecule has 1 aliphatic heterocycles. The normalized spacial score (nSPS) is 24.7. The Hall–Kier alpha value is -1.02. The first-order chi connectivity index (χ1) is 9.79. The molecule has 0 saturated heterocycles. The second kappa shape index (κ2) is 6.17. The van der Waals surface area contributed by atoms with Gasteiger partial charge in [-0.25, -0.2) is 0 Å². The lowest BCUT2D eigenvalue weighted by Crippen LogP contribution is -2.46. The molecule has 2 nitrogen and oxygen atoms in total. The number of fused-ring (bicyclic) bond motifs is 1. The molecule has 1 aromatic carbocycles. The molecule has 0 spiro atoms. The fourth-order valence-corrected chi connectivity index (χ4v) is 4.13. The highest BCUT2D eigenvalue weighted by Crippen LogP contribution is 2.34. The molecule has 1 fully saturated rings. The first-order valence-corrected chi connectivity index (χ1v) is 8.31.